The summed E-state index contributed by atoms with van der Waals surface area (Å²) >= 11 is 3.53. The van der Waals surface area contributed by atoms with E-state index in [1.807, 2.05) is 26.1 Å². The highest BCUT2D eigenvalue weighted by molar-refractivity contribution is 9.10. The highest BCUT2D eigenvalue weighted by Crippen LogP contribution is 2.30. The Bertz CT molecular complexity index is 572. The minimum atomic E-state index is -0.310. The van der Waals surface area contributed by atoms with Gasteiger partial charge in [0, 0.05) is 28.1 Å². The third-order valence-electron chi connectivity index (χ3n) is 2.84. The molecule has 0 spiro atoms. The van der Waals surface area contributed by atoms with Crippen LogP contribution in [0.25, 0.3) is 10.9 Å². The molecular weight excluding hydrogens is 270 g/mol. The van der Waals surface area contributed by atoms with Gasteiger partial charge in [-0.2, -0.15) is 0 Å². The monoisotopic (exact) mass is 281 g/mol. The number of carbonyl (C=O) groups is 1. The summed E-state index contributed by atoms with van der Waals surface area (Å²) in [5.74, 6) is -0.310. The second-order valence-corrected chi connectivity index (χ2v) is 4.47. The van der Waals surface area contributed by atoms with Crippen molar-refractivity contribution >= 4 is 32.8 Å². The summed E-state index contributed by atoms with van der Waals surface area (Å²) in [6, 6.07) is 5.55. The summed E-state index contributed by atoms with van der Waals surface area (Å²) in [7, 11) is 3.39. The lowest BCUT2D eigenvalue weighted by molar-refractivity contribution is 0.0601. The van der Waals surface area contributed by atoms with Crippen molar-refractivity contribution in [1.29, 1.82) is 0 Å². The first kappa shape index (κ1) is 11.2. The zero-order valence-electron chi connectivity index (χ0n) is 9.37. The number of ether oxygens (including phenoxy) is 1. The van der Waals surface area contributed by atoms with Gasteiger partial charge in [-0.1, -0.05) is 0 Å². The van der Waals surface area contributed by atoms with E-state index in [4.69, 9.17) is 4.74 Å². The van der Waals surface area contributed by atoms with E-state index >= 15 is 0 Å². The summed E-state index contributed by atoms with van der Waals surface area (Å²) in [6.07, 6.45) is 0. The average Bonchev–Trinajstić information content (AvgIpc) is 2.53. The maximum absolute atomic E-state index is 11.4. The number of rotatable bonds is 1. The van der Waals surface area contributed by atoms with Crippen LogP contribution < -0.4 is 0 Å². The van der Waals surface area contributed by atoms with Gasteiger partial charge in [-0.05, 0) is 41.1 Å². The minimum absolute atomic E-state index is 0.310. The molecule has 0 aliphatic heterocycles. The smallest absolute Gasteiger partial charge is 0.337 e. The van der Waals surface area contributed by atoms with Crippen molar-refractivity contribution in [3.05, 3.63) is 33.9 Å². The standard InChI is InChI=1S/C12H12BrNO2/c1-7-11(13)9-6-8(12(15)16-3)4-5-10(9)14(7)2/h4-6H,1-3H3. The quantitative estimate of drug-likeness (QED) is 0.753. The topological polar surface area (TPSA) is 31.2 Å². The molecule has 0 aliphatic carbocycles. The molecule has 0 saturated carbocycles. The Morgan fingerprint density at radius 3 is 2.75 bits per heavy atom. The first-order chi connectivity index (χ1) is 7.56. The first-order valence-corrected chi connectivity index (χ1v) is 5.68. The van der Waals surface area contributed by atoms with Gasteiger partial charge in [0.15, 0.2) is 0 Å². The zero-order chi connectivity index (χ0) is 11.9. The molecular formula is C12H12BrNO2. The molecule has 0 bridgehead atoms. The van der Waals surface area contributed by atoms with Gasteiger partial charge in [-0.15, -0.1) is 0 Å². The van der Waals surface area contributed by atoms with Gasteiger partial charge in [0.25, 0.3) is 0 Å². The van der Waals surface area contributed by atoms with Crippen LogP contribution in [0.2, 0.25) is 0 Å². The lowest BCUT2D eigenvalue weighted by atomic mass is 10.1. The third-order valence-corrected chi connectivity index (χ3v) is 3.84. The SMILES string of the molecule is COC(=O)c1ccc2c(c1)c(Br)c(C)n2C. The Balaban J connectivity index is 2.71. The van der Waals surface area contributed by atoms with Crippen LogP contribution in [0.4, 0.5) is 0 Å². The Kier molecular flexibility index (Phi) is 2.76. The predicted octanol–water partition coefficient (Wildman–Crippen LogP) is 3.04. The number of hydrogen-bond donors (Lipinski definition) is 0. The minimum Gasteiger partial charge on any atom is -0.465 e. The number of esters is 1. The molecule has 1 aromatic heterocycles. The number of halogens is 1. The van der Waals surface area contributed by atoms with Crippen molar-refractivity contribution in [3.8, 4) is 0 Å². The Morgan fingerprint density at radius 1 is 1.44 bits per heavy atom. The Hall–Kier alpha value is -1.29. The largest absolute Gasteiger partial charge is 0.465 e. The molecule has 0 atom stereocenters. The van der Waals surface area contributed by atoms with Crippen molar-refractivity contribution < 1.29 is 9.53 Å². The molecule has 1 aromatic carbocycles. The van der Waals surface area contributed by atoms with E-state index < -0.39 is 0 Å². The molecule has 0 aliphatic rings. The predicted molar refractivity (Wildman–Crippen MR) is 66.7 cm³/mol. The van der Waals surface area contributed by atoms with E-state index in [-0.39, 0.29) is 5.97 Å². The van der Waals surface area contributed by atoms with Gasteiger partial charge in [0.05, 0.1) is 12.7 Å². The number of fused-ring (bicyclic) bond motifs is 1. The summed E-state index contributed by atoms with van der Waals surface area (Å²) in [5, 5.41) is 1.03. The van der Waals surface area contributed by atoms with Crippen LogP contribution in [-0.4, -0.2) is 17.6 Å². The first-order valence-electron chi connectivity index (χ1n) is 4.89. The molecule has 3 nitrogen and oxygen atoms in total. The van der Waals surface area contributed by atoms with Gasteiger partial charge in [0.1, 0.15) is 0 Å². The molecule has 0 saturated heterocycles. The number of aromatic nitrogens is 1. The van der Waals surface area contributed by atoms with Crippen LogP contribution in [0.3, 0.4) is 0 Å². The van der Waals surface area contributed by atoms with Gasteiger partial charge >= 0.3 is 5.97 Å². The number of aryl methyl sites for hydroxylation is 1. The average molecular weight is 282 g/mol. The fourth-order valence-electron chi connectivity index (χ4n) is 1.77. The van der Waals surface area contributed by atoms with E-state index in [2.05, 4.69) is 20.5 Å². The van der Waals surface area contributed by atoms with Crippen molar-refractivity contribution in [1.82, 2.24) is 4.57 Å². The van der Waals surface area contributed by atoms with Crippen LogP contribution in [0.1, 0.15) is 16.1 Å². The van der Waals surface area contributed by atoms with Gasteiger partial charge < -0.3 is 9.30 Å². The van der Waals surface area contributed by atoms with Crippen LogP contribution in [0.15, 0.2) is 22.7 Å². The molecule has 0 radical (unpaired) electrons. The second kappa shape index (κ2) is 3.94. The van der Waals surface area contributed by atoms with Gasteiger partial charge in [0.2, 0.25) is 0 Å². The highest BCUT2D eigenvalue weighted by atomic mass is 79.9. The third kappa shape index (κ3) is 1.53. The molecule has 2 rings (SSSR count). The van der Waals surface area contributed by atoms with Crippen LogP contribution in [-0.2, 0) is 11.8 Å². The van der Waals surface area contributed by atoms with Crippen LogP contribution in [0.5, 0.6) is 0 Å². The van der Waals surface area contributed by atoms with Crippen molar-refractivity contribution in [2.75, 3.05) is 7.11 Å². The number of methoxy groups -OCH3 is 1. The molecule has 84 valence electrons. The Morgan fingerprint density at radius 2 is 2.12 bits per heavy atom. The summed E-state index contributed by atoms with van der Waals surface area (Å²) in [5.41, 5.74) is 2.80. The Labute approximate surface area is 102 Å². The molecule has 0 unspecified atom stereocenters. The van der Waals surface area contributed by atoms with E-state index in [1.54, 1.807) is 6.07 Å². The number of hydrogen-bond acceptors (Lipinski definition) is 2. The van der Waals surface area contributed by atoms with E-state index in [0.717, 1.165) is 21.1 Å². The van der Waals surface area contributed by atoms with Gasteiger partial charge in [-0.3, -0.25) is 0 Å². The molecule has 4 heteroatoms. The lowest BCUT2D eigenvalue weighted by Gasteiger charge is -2.00. The molecule has 2 aromatic rings. The summed E-state index contributed by atoms with van der Waals surface area (Å²) in [6.45, 7) is 2.03. The van der Waals surface area contributed by atoms with Crippen molar-refractivity contribution in [2.45, 2.75) is 6.92 Å². The molecule has 0 N–H and O–H groups in total. The fraction of sp³-hybridized carbons (Fsp3) is 0.250. The lowest BCUT2D eigenvalue weighted by Crippen LogP contribution is -2.00. The van der Waals surface area contributed by atoms with Crippen molar-refractivity contribution in [2.24, 2.45) is 7.05 Å². The number of nitrogens with zero attached hydrogens (tertiary/aromatic N) is 1. The number of benzene rings is 1. The van der Waals surface area contributed by atoms with Crippen molar-refractivity contribution in [3.63, 3.8) is 0 Å². The summed E-state index contributed by atoms with van der Waals surface area (Å²) in [4.78, 5) is 11.4. The fourth-order valence-corrected chi connectivity index (χ4v) is 2.36. The number of carbonyl (C=O) groups excluding carboxylic acids is 1. The maximum Gasteiger partial charge on any atom is 0.337 e. The maximum atomic E-state index is 11.4. The molecule has 1 heterocycles. The highest BCUT2D eigenvalue weighted by Gasteiger charge is 2.12. The second-order valence-electron chi connectivity index (χ2n) is 3.68. The van der Waals surface area contributed by atoms with Gasteiger partial charge in [-0.25, -0.2) is 4.79 Å². The normalized spacial score (nSPS) is 10.8. The zero-order valence-corrected chi connectivity index (χ0v) is 11.0. The van der Waals surface area contributed by atoms with E-state index in [1.165, 1.54) is 7.11 Å². The summed E-state index contributed by atoms with van der Waals surface area (Å²) < 4.78 is 7.81. The molecule has 0 fully saturated rings. The van der Waals surface area contributed by atoms with E-state index in [9.17, 15) is 4.79 Å². The van der Waals surface area contributed by atoms with Crippen LogP contribution >= 0.6 is 15.9 Å². The molecule has 16 heavy (non-hydrogen) atoms. The van der Waals surface area contributed by atoms with E-state index in [0.29, 0.717) is 5.56 Å². The molecule has 0 amide bonds. The van der Waals surface area contributed by atoms with Crippen LogP contribution in [0, 0.1) is 6.92 Å².